The van der Waals surface area contributed by atoms with Crippen LogP contribution in [0.2, 0.25) is 0 Å². The molecule has 1 aromatic carbocycles. The van der Waals surface area contributed by atoms with Gasteiger partial charge >= 0.3 is 0 Å². The highest BCUT2D eigenvalue weighted by atomic mass is 32.2. The normalized spacial score (nSPS) is 20.1. The SMILES string of the molecule is O=S(=O)(c1ccc(-c2cc3nccnc3c(NCC3CNCCO3)n2)cc1)N1CCOCC1. The Morgan fingerprint density at radius 2 is 1.88 bits per heavy atom. The van der Waals surface area contributed by atoms with Crippen LogP contribution >= 0.6 is 0 Å². The largest absolute Gasteiger partial charge is 0.379 e. The molecule has 2 N–H and O–H groups in total. The first-order chi connectivity index (χ1) is 16.1. The van der Waals surface area contributed by atoms with Gasteiger partial charge in [0.05, 0.1) is 42.0 Å². The molecule has 0 aliphatic carbocycles. The molecule has 0 amide bonds. The number of fused-ring (bicyclic) bond motifs is 1. The number of morpholine rings is 2. The van der Waals surface area contributed by atoms with E-state index in [0.717, 1.165) is 18.7 Å². The first-order valence-electron chi connectivity index (χ1n) is 11.0. The minimum atomic E-state index is -3.55. The molecule has 0 spiro atoms. The minimum Gasteiger partial charge on any atom is -0.379 e. The zero-order valence-electron chi connectivity index (χ0n) is 18.1. The minimum absolute atomic E-state index is 0.0422. The van der Waals surface area contributed by atoms with Gasteiger partial charge in [0.15, 0.2) is 5.82 Å². The summed E-state index contributed by atoms with van der Waals surface area (Å²) >= 11 is 0. The molecule has 10 nitrogen and oxygen atoms in total. The van der Waals surface area contributed by atoms with E-state index in [1.54, 1.807) is 36.7 Å². The second-order valence-corrected chi connectivity index (χ2v) is 9.84. The summed E-state index contributed by atoms with van der Waals surface area (Å²) in [6.07, 6.45) is 3.32. The van der Waals surface area contributed by atoms with Gasteiger partial charge in [-0.25, -0.2) is 18.4 Å². The molecule has 0 saturated carbocycles. The maximum Gasteiger partial charge on any atom is 0.243 e. The number of nitrogens with one attached hydrogen (secondary N) is 2. The van der Waals surface area contributed by atoms with E-state index in [1.807, 2.05) is 6.07 Å². The highest BCUT2D eigenvalue weighted by Gasteiger charge is 2.26. The number of pyridine rings is 1. The van der Waals surface area contributed by atoms with E-state index in [2.05, 4.69) is 20.6 Å². The number of rotatable bonds is 6. The smallest absolute Gasteiger partial charge is 0.243 e. The summed E-state index contributed by atoms with van der Waals surface area (Å²) in [5.41, 5.74) is 2.86. The summed E-state index contributed by atoms with van der Waals surface area (Å²) in [5.74, 6) is 0.620. The third-order valence-corrected chi connectivity index (χ3v) is 7.63. The van der Waals surface area contributed by atoms with Crippen LogP contribution in [-0.2, 0) is 19.5 Å². The number of ether oxygens (including phenoxy) is 2. The van der Waals surface area contributed by atoms with Crippen molar-refractivity contribution >= 4 is 26.9 Å². The van der Waals surface area contributed by atoms with Crippen LogP contribution in [0.3, 0.4) is 0 Å². The topological polar surface area (TPSA) is 119 Å². The van der Waals surface area contributed by atoms with E-state index >= 15 is 0 Å². The average molecular weight is 471 g/mol. The molecular weight excluding hydrogens is 444 g/mol. The maximum atomic E-state index is 12.9. The fourth-order valence-corrected chi connectivity index (χ4v) is 5.35. The number of hydrogen-bond donors (Lipinski definition) is 2. The predicted octanol–water partition coefficient (Wildman–Crippen LogP) is 1.11. The van der Waals surface area contributed by atoms with Gasteiger partial charge in [0.1, 0.15) is 5.52 Å². The van der Waals surface area contributed by atoms with E-state index in [9.17, 15) is 8.42 Å². The lowest BCUT2D eigenvalue weighted by Gasteiger charge is -2.26. The van der Waals surface area contributed by atoms with Crippen molar-refractivity contribution in [2.45, 2.75) is 11.0 Å². The van der Waals surface area contributed by atoms with Crippen molar-refractivity contribution in [2.75, 3.05) is 57.9 Å². The molecule has 174 valence electrons. The Balaban J connectivity index is 1.42. The van der Waals surface area contributed by atoms with Crippen LogP contribution in [0.25, 0.3) is 22.3 Å². The number of sulfonamides is 1. The zero-order chi connectivity index (χ0) is 22.7. The van der Waals surface area contributed by atoms with Crippen molar-refractivity contribution in [2.24, 2.45) is 0 Å². The molecule has 2 aromatic heterocycles. The summed E-state index contributed by atoms with van der Waals surface area (Å²) in [6.45, 7) is 4.46. The summed E-state index contributed by atoms with van der Waals surface area (Å²) in [7, 11) is -3.55. The van der Waals surface area contributed by atoms with Crippen molar-refractivity contribution in [1.29, 1.82) is 0 Å². The Morgan fingerprint density at radius 1 is 1.09 bits per heavy atom. The van der Waals surface area contributed by atoms with Crippen molar-refractivity contribution in [1.82, 2.24) is 24.6 Å². The second kappa shape index (κ2) is 9.65. The van der Waals surface area contributed by atoms with Crippen LogP contribution in [0.4, 0.5) is 5.82 Å². The average Bonchev–Trinajstić information content (AvgIpc) is 2.88. The molecule has 0 radical (unpaired) electrons. The van der Waals surface area contributed by atoms with Crippen LogP contribution in [0, 0.1) is 0 Å². The van der Waals surface area contributed by atoms with Gasteiger partial charge in [-0.1, -0.05) is 12.1 Å². The number of nitrogens with zero attached hydrogens (tertiary/aromatic N) is 4. The van der Waals surface area contributed by atoms with Crippen LogP contribution in [0.15, 0.2) is 47.6 Å². The molecule has 2 aliphatic rings. The molecule has 11 heteroatoms. The zero-order valence-corrected chi connectivity index (χ0v) is 18.9. The first-order valence-corrected chi connectivity index (χ1v) is 12.4. The lowest BCUT2D eigenvalue weighted by atomic mass is 10.1. The Bertz CT molecular complexity index is 1210. The Kier molecular flexibility index (Phi) is 6.47. The summed E-state index contributed by atoms with van der Waals surface area (Å²) in [4.78, 5) is 13.9. The molecule has 3 aromatic rings. The maximum absolute atomic E-state index is 12.9. The van der Waals surface area contributed by atoms with Gasteiger partial charge in [0.2, 0.25) is 10.0 Å². The number of hydrogen-bond acceptors (Lipinski definition) is 9. The predicted molar refractivity (Wildman–Crippen MR) is 123 cm³/mol. The molecule has 33 heavy (non-hydrogen) atoms. The molecular formula is C22H26N6O4S. The summed E-state index contributed by atoms with van der Waals surface area (Å²) < 4.78 is 38.3. The summed E-state index contributed by atoms with van der Waals surface area (Å²) in [6, 6.07) is 8.65. The highest BCUT2D eigenvalue weighted by molar-refractivity contribution is 7.89. The number of anilines is 1. The third kappa shape index (κ3) is 4.82. The van der Waals surface area contributed by atoms with Crippen molar-refractivity contribution in [3.63, 3.8) is 0 Å². The Hall–Kier alpha value is -2.70. The Morgan fingerprint density at radius 3 is 2.64 bits per heavy atom. The quantitative estimate of drug-likeness (QED) is 0.546. The molecule has 2 fully saturated rings. The molecule has 1 atom stereocenters. The van der Waals surface area contributed by atoms with Crippen LogP contribution in [0.1, 0.15) is 0 Å². The van der Waals surface area contributed by atoms with Gasteiger partial charge in [-0.3, -0.25) is 4.98 Å². The summed E-state index contributed by atoms with van der Waals surface area (Å²) in [5, 5.41) is 6.67. The van der Waals surface area contributed by atoms with Gasteiger partial charge in [-0.2, -0.15) is 4.31 Å². The van der Waals surface area contributed by atoms with E-state index in [-0.39, 0.29) is 11.0 Å². The van der Waals surface area contributed by atoms with Gasteiger partial charge < -0.3 is 20.1 Å². The van der Waals surface area contributed by atoms with Gasteiger partial charge in [-0.05, 0) is 18.2 Å². The van der Waals surface area contributed by atoms with Gasteiger partial charge in [0.25, 0.3) is 0 Å². The van der Waals surface area contributed by atoms with E-state index in [4.69, 9.17) is 14.5 Å². The second-order valence-electron chi connectivity index (χ2n) is 7.90. The third-order valence-electron chi connectivity index (χ3n) is 5.72. The van der Waals surface area contributed by atoms with Crippen LogP contribution in [0.5, 0.6) is 0 Å². The van der Waals surface area contributed by atoms with Crippen LogP contribution in [-0.4, -0.2) is 86.3 Å². The van der Waals surface area contributed by atoms with E-state index in [1.165, 1.54) is 4.31 Å². The van der Waals surface area contributed by atoms with E-state index in [0.29, 0.717) is 62.0 Å². The van der Waals surface area contributed by atoms with E-state index < -0.39 is 10.0 Å². The molecule has 0 bridgehead atoms. The van der Waals surface area contributed by atoms with Gasteiger partial charge in [0, 0.05) is 50.7 Å². The fourth-order valence-electron chi connectivity index (χ4n) is 3.94. The van der Waals surface area contributed by atoms with Crippen LogP contribution < -0.4 is 10.6 Å². The highest BCUT2D eigenvalue weighted by Crippen LogP contribution is 2.27. The van der Waals surface area contributed by atoms with Gasteiger partial charge in [-0.15, -0.1) is 0 Å². The fraction of sp³-hybridized carbons (Fsp3) is 0.409. The standard InChI is InChI=1S/C22H26N6O4S/c29-33(30,28-8-11-31-12-9-28)18-3-1-16(2-4-18)19-13-20-21(25-6-5-24-20)22(27-19)26-15-17-14-23-7-10-32-17/h1-6,13,17,23H,7-12,14-15H2,(H,26,27). The van der Waals surface area contributed by atoms with Crippen molar-refractivity contribution in [3.05, 3.63) is 42.7 Å². The first kappa shape index (κ1) is 22.1. The van der Waals surface area contributed by atoms with Crippen molar-refractivity contribution in [3.8, 4) is 11.3 Å². The Labute approximate surface area is 192 Å². The van der Waals surface area contributed by atoms with Crippen molar-refractivity contribution < 1.29 is 17.9 Å². The monoisotopic (exact) mass is 470 g/mol. The molecule has 1 unspecified atom stereocenters. The lowest BCUT2D eigenvalue weighted by Crippen LogP contribution is -2.42. The molecule has 2 saturated heterocycles. The number of aromatic nitrogens is 3. The molecule has 5 rings (SSSR count). The lowest BCUT2D eigenvalue weighted by molar-refractivity contribution is 0.0372. The number of benzene rings is 1. The molecule has 4 heterocycles. The molecule has 2 aliphatic heterocycles.